The van der Waals surface area contributed by atoms with Crippen LogP contribution in [0.5, 0.6) is 0 Å². The highest BCUT2D eigenvalue weighted by atomic mass is 79.9. The lowest BCUT2D eigenvalue weighted by Crippen LogP contribution is -1.87. The first-order chi connectivity index (χ1) is 12.0. The standard InChI is InChI=1S/C16H12Br4Cl2S3/c17-11-5-9(23-3-1-21)6-12(18)15(11)25-16-13(19)7-10(8-14(16)20)24-4-2-22/h5-8H,1-4H2. The first-order valence-corrected chi connectivity index (χ1v) is 14.0. The van der Waals surface area contributed by atoms with Gasteiger partial charge >= 0.3 is 0 Å². The van der Waals surface area contributed by atoms with Gasteiger partial charge in [-0.1, -0.05) is 11.8 Å². The van der Waals surface area contributed by atoms with Crippen LogP contribution in [0.3, 0.4) is 0 Å². The van der Waals surface area contributed by atoms with Gasteiger partial charge < -0.3 is 0 Å². The first-order valence-electron chi connectivity index (χ1n) is 6.99. The molecule has 0 unspecified atom stereocenters. The highest BCUT2D eigenvalue weighted by Gasteiger charge is 2.15. The SMILES string of the molecule is ClCCSc1cc(Br)c(Sc2c(Br)cc(SCCCl)cc2Br)c(Br)c1. The Labute approximate surface area is 204 Å². The molecule has 0 aliphatic carbocycles. The Morgan fingerprint density at radius 3 is 1.24 bits per heavy atom. The van der Waals surface area contributed by atoms with Crippen molar-refractivity contribution in [2.45, 2.75) is 19.6 Å². The van der Waals surface area contributed by atoms with Crippen molar-refractivity contribution >= 4 is 122 Å². The van der Waals surface area contributed by atoms with Crippen molar-refractivity contribution in [3.63, 3.8) is 0 Å². The van der Waals surface area contributed by atoms with Crippen LogP contribution in [0.25, 0.3) is 0 Å². The molecule has 0 aliphatic rings. The zero-order valence-corrected chi connectivity index (χ0v) is 22.9. The molecule has 0 bridgehead atoms. The summed E-state index contributed by atoms with van der Waals surface area (Å²) >= 11 is 31.6. The van der Waals surface area contributed by atoms with E-state index in [1.165, 1.54) is 9.79 Å². The van der Waals surface area contributed by atoms with Crippen LogP contribution in [0.2, 0.25) is 0 Å². The van der Waals surface area contributed by atoms with Crippen molar-refractivity contribution in [2.24, 2.45) is 0 Å². The maximum atomic E-state index is 5.78. The van der Waals surface area contributed by atoms with E-state index in [4.69, 9.17) is 23.2 Å². The van der Waals surface area contributed by atoms with E-state index in [0.29, 0.717) is 11.8 Å². The minimum absolute atomic E-state index is 0.643. The maximum Gasteiger partial charge on any atom is 0.0408 e. The summed E-state index contributed by atoms with van der Waals surface area (Å²) in [4.78, 5) is 4.65. The number of alkyl halides is 2. The molecule has 0 radical (unpaired) electrons. The largest absolute Gasteiger partial charge is 0.126 e. The third-order valence-electron chi connectivity index (χ3n) is 2.84. The molecule has 0 amide bonds. The van der Waals surface area contributed by atoms with Crippen LogP contribution in [0.4, 0.5) is 0 Å². The van der Waals surface area contributed by atoms with Gasteiger partial charge in [-0.2, -0.15) is 0 Å². The fraction of sp³-hybridized carbons (Fsp3) is 0.250. The van der Waals surface area contributed by atoms with Crippen molar-refractivity contribution in [3.8, 4) is 0 Å². The van der Waals surface area contributed by atoms with Gasteiger partial charge in [0.15, 0.2) is 0 Å². The molecule has 9 heteroatoms. The van der Waals surface area contributed by atoms with Crippen molar-refractivity contribution in [3.05, 3.63) is 42.2 Å². The Hall–Kier alpha value is 1.99. The van der Waals surface area contributed by atoms with E-state index in [1.54, 1.807) is 35.3 Å². The Balaban J connectivity index is 2.27. The van der Waals surface area contributed by atoms with E-state index in [-0.39, 0.29) is 0 Å². The Morgan fingerprint density at radius 2 is 0.960 bits per heavy atom. The van der Waals surface area contributed by atoms with E-state index in [2.05, 4.69) is 88.0 Å². The molecule has 2 aromatic rings. The van der Waals surface area contributed by atoms with Crippen molar-refractivity contribution in [1.29, 1.82) is 0 Å². The molecule has 0 fully saturated rings. The van der Waals surface area contributed by atoms with Crippen molar-refractivity contribution in [2.75, 3.05) is 23.3 Å². The highest BCUT2D eigenvalue weighted by Crippen LogP contribution is 2.47. The lowest BCUT2D eigenvalue weighted by atomic mass is 10.4. The molecule has 0 heterocycles. The average molecular weight is 691 g/mol. The number of benzene rings is 2. The normalized spacial score (nSPS) is 11.1. The lowest BCUT2D eigenvalue weighted by Gasteiger charge is -2.13. The van der Waals surface area contributed by atoms with Gasteiger partial charge in [0.2, 0.25) is 0 Å². The quantitative estimate of drug-likeness (QED) is 0.200. The Kier molecular flexibility index (Phi) is 11.0. The molecule has 0 atom stereocenters. The first kappa shape index (κ1) is 23.3. The molecule has 136 valence electrons. The van der Waals surface area contributed by atoms with Crippen LogP contribution in [0, 0.1) is 0 Å². The van der Waals surface area contributed by atoms with Crippen LogP contribution in [-0.4, -0.2) is 23.3 Å². The summed E-state index contributed by atoms with van der Waals surface area (Å²) in [6, 6.07) is 8.54. The summed E-state index contributed by atoms with van der Waals surface area (Å²) in [5, 5.41) is 0. The van der Waals surface area contributed by atoms with Crippen molar-refractivity contribution < 1.29 is 0 Å². The zero-order valence-electron chi connectivity index (χ0n) is 12.6. The molecule has 0 aromatic heterocycles. The van der Waals surface area contributed by atoms with Gasteiger partial charge in [-0.3, -0.25) is 0 Å². The molecule has 0 N–H and O–H groups in total. The van der Waals surface area contributed by atoms with E-state index < -0.39 is 0 Å². The van der Waals surface area contributed by atoms with Gasteiger partial charge in [0.25, 0.3) is 0 Å². The van der Waals surface area contributed by atoms with Gasteiger partial charge in [0.05, 0.1) is 0 Å². The van der Waals surface area contributed by atoms with Crippen LogP contribution in [-0.2, 0) is 0 Å². The maximum absolute atomic E-state index is 5.78. The van der Waals surface area contributed by atoms with Gasteiger partial charge in [0.1, 0.15) is 0 Å². The third kappa shape index (κ3) is 7.07. The fourth-order valence-electron chi connectivity index (χ4n) is 1.85. The van der Waals surface area contributed by atoms with E-state index in [1.807, 2.05) is 0 Å². The Bertz CT molecular complexity index is 636. The third-order valence-corrected chi connectivity index (χ3v) is 10.5. The minimum atomic E-state index is 0.643. The summed E-state index contributed by atoms with van der Waals surface area (Å²) in [5.41, 5.74) is 0. The number of halogens is 6. The summed E-state index contributed by atoms with van der Waals surface area (Å²) in [7, 11) is 0. The second-order valence-corrected chi connectivity index (χ2v) is 12.1. The molecule has 2 rings (SSSR count). The van der Waals surface area contributed by atoms with Gasteiger partial charge in [-0.15, -0.1) is 46.7 Å². The van der Waals surface area contributed by atoms with E-state index in [9.17, 15) is 0 Å². The number of thioether (sulfide) groups is 2. The number of hydrogen-bond acceptors (Lipinski definition) is 3. The molecular weight excluding hydrogens is 679 g/mol. The van der Waals surface area contributed by atoms with Crippen LogP contribution in [0.1, 0.15) is 0 Å². The summed E-state index contributed by atoms with van der Waals surface area (Å²) in [6.07, 6.45) is 0. The number of rotatable bonds is 8. The molecule has 25 heavy (non-hydrogen) atoms. The summed E-state index contributed by atoms with van der Waals surface area (Å²) in [6.45, 7) is 0. The zero-order chi connectivity index (χ0) is 18.4. The average Bonchev–Trinajstić information content (AvgIpc) is 2.56. The molecule has 0 spiro atoms. The summed E-state index contributed by atoms with van der Waals surface area (Å²) < 4.78 is 4.23. The lowest BCUT2D eigenvalue weighted by molar-refractivity contribution is 1.23. The molecule has 0 aliphatic heterocycles. The highest BCUT2D eigenvalue weighted by molar-refractivity contribution is 9.11. The number of hydrogen-bond donors (Lipinski definition) is 0. The van der Waals surface area contributed by atoms with Gasteiger partial charge in [0, 0.05) is 60.7 Å². The second-order valence-electron chi connectivity index (χ2n) is 4.61. The topological polar surface area (TPSA) is 0 Å². The predicted molar refractivity (Wildman–Crippen MR) is 131 cm³/mol. The monoisotopic (exact) mass is 686 g/mol. The molecule has 0 saturated heterocycles. The van der Waals surface area contributed by atoms with Crippen LogP contribution < -0.4 is 0 Å². The molecular formula is C16H12Br4Cl2S3. The van der Waals surface area contributed by atoms with E-state index >= 15 is 0 Å². The van der Waals surface area contributed by atoms with Gasteiger partial charge in [-0.25, -0.2) is 0 Å². The van der Waals surface area contributed by atoms with Gasteiger partial charge in [-0.05, 0) is 88.0 Å². The van der Waals surface area contributed by atoms with Crippen LogP contribution >= 0.6 is 122 Å². The summed E-state index contributed by atoms with van der Waals surface area (Å²) in [5.74, 6) is 3.08. The smallest absolute Gasteiger partial charge is 0.0408 e. The predicted octanol–water partition coefficient (Wildman–Crippen LogP) is 9.55. The fourth-order valence-corrected chi connectivity index (χ4v) is 8.52. The van der Waals surface area contributed by atoms with Crippen molar-refractivity contribution in [1.82, 2.24) is 0 Å². The Morgan fingerprint density at radius 1 is 0.640 bits per heavy atom. The van der Waals surface area contributed by atoms with E-state index in [0.717, 1.165) is 39.2 Å². The van der Waals surface area contributed by atoms with Crippen LogP contribution in [0.15, 0.2) is 61.7 Å². The minimum Gasteiger partial charge on any atom is -0.126 e. The molecule has 0 nitrogen and oxygen atoms in total. The molecule has 0 saturated carbocycles. The molecule has 2 aromatic carbocycles. The second kappa shape index (κ2) is 11.9.